The van der Waals surface area contributed by atoms with E-state index in [-0.39, 0.29) is 6.09 Å². The smallest absolute Gasteiger partial charge is 0.409 e. The van der Waals surface area contributed by atoms with E-state index in [1.165, 1.54) is 7.11 Å². The van der Waals surface area contributed by atoms with Gasteiger partial charge in [0.15, 0.2) is 0 Å². The third-order valence-corrected chi connectivity index (χ3v) is 2.78. The third-order valence-electron chi connectivity index (χ3n) is 2.78. The molecule has 2 atom stereocenters. The number of piperidine rings is 1. The van der Waals surface area contributed by atoms with Crippen LogP contribution in [0.25, 0.3) is 0 Å². The fourth-order valence-corrected chi connectivity index (χ4v) is 2.13. The maximum absolute atomic E-state index is 11.4. The van der Waals surface area contributed by atoms with Gasteiger partial charge >= 0.3 is 6.09 Å². The first-order valence-electron chi connectivity index (χ1n) is 5.73. The summed E-state index contributed by atoms with van der Waals surface area (Å²) in [5.74, 6) is 0.548. The number of amides is 1. The molecule has 15 heavy (non-hydrogen) atoms. The highest BCUT2D eigenvalue weighted by Crippen LogP contribution is 2.16. The van der Waals surface area contributed by atoms with Crippen LogP contribution in [0.15, 0.2) is 0 Å². The molecule has 1 aliphatic heterocycles. The second-order valence-electron chi connectivity index (χ2n) is 4.37. The SMILES string of the molecule is CCCNC1CC(C)CN(C(=O)OC)C1. The minimum absolute atomic E-state index is 0.204. The number of hydrogen-bond donors (Lipinski definition) is 1. The molecular weight excluding hydrogens is 192 g/mol. The second kappa shape index (κ2) is 5.95. The summed E-state index contributed by atoms with van der Waals surface area (Å²) < 4.78 is 4.75. The van der Waals surface area contributed by atoms with Crippen molar-refractivity contribution in [3.05, 3.63) is 0 Å². The largest absolute Gasteiger partial charge is 0.453 e. The Hall–Kier alpha value is -0.770. The number of carbonyl (C=O) groups excluding carboxylic acids is 1. The van der Waals surface area contributed by atoms with Gasteiger partial charge in [0.1, 0.15) is 0 Å². The van der Waals surface area contributed by atoms with Crippen LogP contribution in [-0.4, -0.2) is 43.8 Å². The summed E-state index contributed by atoms with van der Waals surface area (Å²) in [6.07, 6.45) is 2.07. The molecule has 0 spiro atoms. The summed E-state index contributed by atoms with van der Waals surface area (Å²) in [4.78, 5) is 13.2. The van der Waals surface area contributed by atoms with Gasteiger partial charge in [-0.05, 0) is 25.3 Å². The molecule has 0 aliphatic carbocycles. The number of carbonyl (C=O) groups is 1. The van der Waals surface area contributed by atoms with Crippen LogP contribution in [-0.2, 0) is 4.74 Å². The Kier molecular flexibility index (Phi) is 4.88. The number of nitrogens with zero attached hydrogens (tertiary/aromatic N) is 1. The van der Waals surface area contributed by atoms with Gasteiger partial charge in [0, 0.05) is 19.1 Å². The first-order chi connectivity index (χ1) is 7.17. The zero-order valence-electron chi connectivity index (χ0n) is 9.95. The average Bonchev–Trinajstić information content (AvgIpc) is 2.24. The van der Waals surface area contributed by atoms with E-state index in [1.54, 1.807) is 4.90 Å². The molecule has 88 valence electrons. The minimum Gasteiger partial charge on any atom is -0.453 e. The van der Waals surface area contributed by atoms with E-state index in [1.807, 2.05) is 0 Å². The Morgan fingerprint density at radius 1 is 1.53 bits per heavy atom. The fraction of sp³-hybridized carbons (Fsp3) is 0.909. The van der Waals surface area contributed by atoms with E-state index >= 15 is 0 Å². The monoisotopic (exact) mass is 214 g/mol. The fourth-order valence-electron chi connectivity index (χ4n) is 2.13. The number of nitrogens with one attached hydrogen (secondary N) is 1. The van der Waals surface area contributed by atoms with Crippen LogP contribution in [0.4, 0.5) is 4.79 Å². The Labute approximate surface area is 92.0 Å². The lowest BCUT2D eigenvalue weighted by Gasteiger charge is -2.35. The number of hydrogen-bond acceptors (Lipinski definition) is 3. The second-order valence-corrected chi connectivity index (χ2v) is 4.37. The Balaban J connectivity index is 2.44. The highest BCUT2D eigenvalue weighted by atomic mass is 16.5. The molecule has 0 saturated carbocycles. The topological polar surface area (TPSA) is 41.6 Å². The lowest BCUT2D eigenvalue weighted by atomic mass is 9.96. The molecule has 1 aliphatic rings. The molecule has 1 fully saturated rings. The molecule has 1 rings (SSSR count). The van der Waals surface area contributed by atoms with Gasteiger partial charge in [-0.25, -0.2) is 4.79 Å². The molecule has 1 N–H and O–H groups in total. The maximum atomic E-state index is 11.4. The summed E-state index contributed by atoms with van der Waals surface area (Å²) >= 11 is 0. The van der Waals surface area contributed by atoms with Crippen molar-refractivity contribution in [1.29, 1.82) is 0 Å². The van der Waals surface area contributed by atoms with E-state index in [0.717, 1.165) is 32.5 Å². The molecule has 1 heterocycles. The molecule has 0 bridgehead atoms. The minimum atomic E-state index is -0.204. The van der Waals surface area contributed by atoms with Crippen molar-refractivity contribution in [2.24, 2.45) is 5.92 Å². The van der Waals surface area contributed by atoms with Gasteiger partial charge in [0.05, 0.1) is 7.11 Å². The van der Waals surface area contributed by atoms with Crippen LogP contribution >= 0.6 is 0 Å². The quantitative estimate of drug-likeness (QED) is 0.773. The van der Waals surface area contributed by atoms with Crippen LogP contribution in [0.3, 0.4) is 0 Å². The number of methoxy groups -OCH3 is 1. The molecule has 2 unspecified atom stereocenters. The molecule has 1 amide bonds. The molecule has 0 aromatic rings. The zero-order valence-corrected chi connectivity index (χ0v) is 9.95. The van der Waals surface area contributed by atoms with Crippen molar-refractivity contribution in [1.82, 2.24) is 10.2 Å². The summed E-state index contributed by atoms with van der Waals surface area (Å²) in [5, 5.41) is 3.46. The van der Waals surface area contributed by atoms with Crippen LogP contribution in [0.2, 0.25) is 0 Å². The van der Waals surface area contributed by atoms with Crippen molar-refractivity contribution >= 4 is 6.09 Å². The molecule has 4 heteroatoms. The van der Waals surface area contributed by atoms with E-state index in [9.17, 15) is 4.79 Å². The predicted octanol–water partition coefficient (Wildman–Crippen LogP) is 1.46. The van der Waals surface area contributed by atoms with E-state index < -0.39 is 0 Å². The summed E-state index contributed by atoms with van der Waals surface area (Å²) in [6, 6.07) is 0.424. The van der Waals surface area contributed by atoms with Crippen LogP contribution in [0.5, 0.6) is 0 Å². The van der Waals surface area contributed by atoms with Gasteiger partial charge in [0.2, 0.25) is 0 Å². The van der Waals surface area contributed by atoms with E-state index in [4.69, 9.17) is 4.74 Å². The van der Waals surface area contributed by atoms with Gasteiger partial charge in [-0.1, -0.05) is 13.8 Å². The Bertz CT molecular complexity index is 209. The van der Waals surface area contributed by atoms with Crippen LogP contribution in [0.1, 0.15) is 26.7 Å². The van der Waals surface area contributed by atoms with Crippen molar-refractivity contribution in [2.75, 3.05) is 26.7 Å². The first-order valence-corrected chi connectivity index (χ1v) is 5.73. The first kappa shape index (κ1) is 12.3. The van der Waals surface area contributed by atoms with Gasteiger partial charge in [-0.15, -0.1) is 0 Å². The lowest BCUT2D eigenvalue weighted by molar-refractivity contribution is 0.0940. The normalized spacial score (nSPS) is 26.5. The Morgan fingerprint density at radius 2 is 2.27 bits per heavy atom. The summed E-state index contributed by atoms with van der Waals surface area (Å²) in [5.41, 5.74) is 0. The lowest BCUT2D eigenvalue weighted by Crippen LogP contribution is -2.50. The van der Waals surface area contributed by atoms with Gasteiger partial charge in [-0.3, -0.25) is 0 Å². The van der Waals surface area contributed by atoms with Crippen LogP contribution in [0, 0.1) is 5.92 Å². The van der Waals surface area contributed by atoms with Crippen molar-refractivity contribution in [2.45, 2.75) is 32.7 Å². The highest BCUT2D eigenvalue weighted by Gasteiger charge is 2.27. The van der Waals surface area contributed by atoms with Crippen molar-refractivity contribution in [3.8, 4) is 0 Å². The van der Waals surface area contributed by atoms with E-state index in [0.29, 0.717) is 12.0 Å². The maximum Gasteiger partial charge on any atom is 0.409 e. The molecule has 0 radical (unpaired) electrons. The zero-order chi connectivity index (χ0) is 11.3. The molecule has 0 aromatic heterocycles. The van der Waals surface area contributed by atoms with Crippen LogP contribution < -0.4 is 5.32 Å². The van der Waals surface area contributed by atoms with Crippen molar-refractivity contribution < 1.29 is 9.53 Å². The highest BCUT2D eigenvalue weighted by molar-refractivity contribution is 5.67. The predicted molar refractivity (Wildman–Crippen MR) is 59.8 cm³/mol. The van der Waals surface area contributed by atoms with Crippen molar-refractivity contribution in [3.63, 3.8) is 0 Å². The Morgan fingerprint density at radius 3 is 2.87 bits per heavy atom. The summed E-state index contributed by atoms with van der Waals surface area (Å²) in [6.45, 7) is 6.94. The molecular formula is C11H22N2O2. The van der Waals surface area contributed by atoms with Gasteiger partial charge in [0.25, 0.3) is 0 Å². The number of likely N-dealkylation sites (tertiary alicyclic amines) is 1. The summed E-state index contributed by atoms with van der Waals surface area (Å²) in [7, 11) is 1.44. The number of ether oxygens (including phenoxy) is 1. The standard InChI is InChI=1S/C11H22N2O2/c1-4-5-12-10-6-9(2)7-13(8-10)11(14)15-3/h9-10,12H,4-8H2,1-3H3. The van der Waals surface area contributed by atoms with E-state index in [2.05, 4.69) is 19.2 Å². The van der Waals surface area contributed by atoms with Gasteiger partial charge in [-0.2, -0.15) is 0 Å². The molecule has 4 nitrogen and oxygen atoms in total. The molecule has 0 aromatic carbocycles. The third kappa shape index (κ3) is 3.70. The molecule has 1 saturated heterocycles. The average molecular weight is 214 g/mol. The van der Waals surface area contributed by atoms with Gasteiger partial charge < -0.3 is 15.0 Å². The number of rotatable bonds is 3.